The number of piperidine rings is 1. The molecule has 1 aliphatic heterocycles. The van der Waals surface area contributed by atoms with Crippen molar-refractivity contribution in [2.45, 2.75) is 30.6 Å². The van der Waals surface area contributed by atoms with Crippen LogP contribution in [0.25, 0.3) is 10.9 Å². The number of benzene rings is 2. The van der Waals surface area contributed by atoms with Gasteiger partial charge in [-0.05, 0) is 74.2 Å². The number of nitrogens with one attached hydrogen (secondary N) is 1. The van der Waals surface area contributed by atoms with E-state index in [0.29, 0.717) is 16.5 Å². The maximum Gasteiger partial charge on any atom is 0.268 e. The molecule has 3 aromatic rings. The van der Waals surface area contributed by atoms with Crippen molar-refractivity contribution in [3.8, 4) is 0 Å². The van der Waals surface area contributed by atoms with E-state index in [-0.39, 0.29) is 29.0 Å². The lowest BCUT2D eigenvalue weighted by Crippen LogP contribution is -2.26. The molecule has 0 aliphatic carbocycles. The minimum Gasteiger partial charge on any atom is -0.317 e. The molecule has 0 spiro atoms. The van der Waals surface area contributed by atoms with Gasteiger partial charge in [0.25, 0.3) is 10.0 Å². The van der Waals surface area contributed by atoms with Crippen LogP contribution >= 0.6 is 12.4 Å². The molecule has 4 rings (SSSR count). The summed E-state index contributed by atoms with van der Waals surface area (Å²) in [4.78, 5) is 0.276. The van der Waals surface area contributed by atoms with Crippen LogP contribution in [0.2, 0.25) is 0 Å². The van der Waals surface area contributed by atoms with E-state index in [0.717, 1.165) is 31.5 Å². The number of halogens is 2. The summed E-state index contributed by atoms with van der Waals surface area (Å²) in [5.74, 6) is -0.118. The van der Waals surface area contributed by atoms with E-state index in [9.17, 15) is 12.8 Å². The summed E-state index contributed by atoms with van der Waals surface area (Å²) < 4.78 is 41.8. The van der Waals surface area contributed by atoms with E-state index in [2.05, 4.69) is 5.32 Å². The predicted molar refractivity (Wildman–Crippen MR) is 108 cm³/mol. The summed E-state index contributed by atoms with van der Waals surface area (Å²) in [5.41, 5.74) is 2.14. The average Bonchev–Trinajstić information content (AvgIpc) is 3.02. The van der Waals surface area contributed by atoms with Crippen molar-refractivity contribution in [2.75, 3.05) is 13.1 Å². The number of hydrogen-bond donors (Lipinski definition) is 1. The first-order chi connectivity index (χ1) is 12.5. The van der Waals surface area contributed by atoms with Crippen LogP contribution in [0.5, 0.6) is 0 Å². The zero-order valence-electron chi connectivity index (χ0n) is 15.0. The molecule has 1 aliphatic rings. The van der Waals surface area contributed by atoms with Gasteiger partial charge in [0.15, 0.2) is 0 Å². The number of aryl methyl sites for hydroxylation is 1. The van der Waals surface area contributed by atoms with Gasteiger partial charge in [0.1, 0.15) is 5.82 Å². The lowest BCUT2D eigenvalue weighted by Gasteiger charge is -2.22. The Hall–Kier alpha value is -1.89. The van der Waals surface area contributed by atoms with E-state index in [1.54, 1.807) is 37.4 Å². The zero-order chi connectivity index (χ0) is 18.3. The first-order valence-electron chi connectivity index (χ1n) is 8.81. The van der Waals surface area contributed by atoms with Gasteiger partial charge in [-0.2, -0.15) is 0 Å². The van der Waals surface area contributed by atoms with E-state index >= 15 is 0 Å². The van der Waals surface area contributed by atoms with Crippen molar-refractivity contribution in [3.63, 3.8) is 0 Å². The van der Waals surface area contributed by atoms with Gasteiger partial charge >= 0.3 is 0 Å². The fourth-order valence-electron chi connectivity index (χ4n) is 3.81. The largest absolute Gasteiger partial charge is 0.317 e. The highest BCUT2D eigenvalue weighted by atomic mass is 35.5. The van der Waals surface area contributed by atoms with Gasteiger partial charge in [0, 0.05) is 11.6 Å². The van der Waals surface area contributed by atoms with E-state index in [4.69, 9.17) is 0 Å². The molecule has 0 saturated carbocycles. The monoisotopic (exact) mass is 408 g/mol. The summed E-state index contributed by atoms with van der Waals surface area (Å²) >= 11 is 0. The molecule has 1 saturated heterocycles. The normalized spacial score (nSPS) is 15.6. The number of rotatable bonds is 3. The summed E-state index contributed by atoms with van der Waals surface area (Å²) in [6.45, 7) is 3.56. The molecule has 1 N–H and O–H groups in total. The molecular formula is C20H22ClFN2O2S. The molecule has 1 aromatic heterocycles. The Morgan fingerprint density at radius 1 is 1.11 bits per heavy atom. The lowest BCUT2D eigenvalue weighted by molar-refractivity contribution is 0.462. The molecule has 0 atom stereocenters. The van der Waals surface area contributed by atoms with E-state index in [1.807, 2.05) is 6.07 Å². The Morgan fingerprint density at radius 3 is 2.52 bits per heavy atom. The van der Waals surface area contributed by atoms with Crippen LogP contribution in [0.15, 0.2) is 53.6 Å². The third-order valence-corrected chi connectivity index (χ3v) is 7.01. The molecular weight excluding hydrogens is 387 g/mol. The minimum atomic E-state index is -3.75. The van der Waals surface area contributed by atoms with Crippen molar-refractivity contribution in [1.82, 2.24) is 9.29 Å². The third kappa shape index (κ3) is 3.49. The molecule has 144 valence electrons. The third-order valence-electron chi connectivity index (χ3n) is 5.17. The molecule has 2 heterocycles. The maximum atomic E-state index is 13.9. The Kier molecular flexibility index (Phi) is 5.60. The van der Waals surface area contributed by atoms with Gasteiger partial charge in [0.2, 0.25) is 0 Å². The SMILES string of the molecule is Cc1ccccc1S(=O)(=O)n1cc(C2CCNCC2)c2cc(F)ccc21.Cl. The first kappa shape index (κ1) is 19.9. The Balaban J connectivity index is 0.00000210. The quantitative estimate of drug-likeness (QED) is 0.706. The second-order valence-electron chi connectivity index (χ2n) is 6.84. The molecule has 2 aromatic carbocycles. The first-order valence-corrected chi connectivity index (χ1v) is 10.2. The highest BCUT2D eigenvalue weighted by Crippen LogP contribution is 2.35. The van der Waals surface area contributed by atoms with E-state index < -0.39 is 10.0 Å². The van der Waals surface area contributed by atoms with Crippen molar-refractivity contribution >= 4 is 33.3 Å². The van der Waals surface area contributed by atoms with Crippen LogP contribution in [-0.4, -0.2) is 25.5 Å². The smallest absolute Gasteiger partial charge is 0.268 e. The summed E-state index contributed by atoms with van der Waals surface area (Å²) in [6.07, 6.45) is 3.53. The summed E-state index contributed by atoms with van der Waals surface area (Å²) in [5, 5.41) is 4.00. The van der Waals surface area contributed by atoms with E-state index in [1.165, 1.54) is 16.1 Å². The highest BCUT2D eigenvalue weighted by Gasteiger charge is 2.26. The predicted octanol–water partition coefficient (Wildman–Crippen LogP) is 4.21. The highest BCUT2D eigenvalue weighted by molar-refractivity contribution is 7.90. The van der Waals surface area contributed by atoms with Gasteiger partial charge in [-0.1, -0.05) is 18.2 Å². The average molecular weight is 409 g/mol. The number of nitrogens with zero attached hydrogens (tertiary/aromatic N) is 1. The number of hydrogen-bond acceptors (Lipinski definition) is 3. The number of aromatic nitrogens is 1. The number of fused-ring (bicyclic) bond motifs is 1. The van der Waals surface area contributed by atoms with Gasteiger partial charge in [-0.25, -0.2) is 16.8 Å². The molecule has 0 unspecified atom stereocenters. The second-order valence-corrected chi connectivity index (χ2v) is 8.62. The van der Waals surface area contributed by atoms with Crippen LogP contribution in [0.4, 0.5) is 4.39 Å². The van der Waals surface area contributed by atoms with Gasteiger partial charge in [-0.15, -0.1) is 12.4 Å². The lowest BCUT2D eigenvalue weighted by atomic mass is 9.90. The van der Waals surface area contributed by atoms with Crippen LogP contribution in [0, 0.1) is 12.7 Å². The second kappa shape index (κ2) is 7.62. The van der Waals surface area contributed by atoms with Gasteiger partial charge in [0.05, 0.1) is 10.4 Å². The molecule has 7 heteroatoms. The Labute approximate surface area is 164 Å². The van der Waals surface area contributed by atoms with Crippen LogP contribution in [0.3, 0.4) is 0 Å². The van der Waals surface area contributed by atoms with Crippen molar-refractivity contribution in [1.29, 1.82) is 0 Å². The van der Waals surface area contributed by atoms with Crippen LogP contribution in [-0.2, 0) is 10.0 Å². The molecule has 4 nitrogen and oxygen atoms in total. The Morgan fingerprint density at radius 2 is 1.81 bits per heavy atom. The Bertz CT molecular complexity index is 1070. The molecule has 1 fully saturated rings. The van der Waals surface area contributed by atoms with Gasteiger partial charge in [-0.3, -0.25) is 0 Å². The standard InChI is InChI=1S/C20H21FN2O2S.ClH/c1-14-4-2-3-5-20(14)26(24,25)23-13-18(15-8-10-22-11-9-15)17-12-16(21)6-7-19(17)23;/h2-7,12-13,15,22H,8-11H2,1H3;1H. The summed E-state index contributed by atoms with van der Waals surface area (Å²) in [7, 11) is -3.75. The van der Waals surface area contributed by atoms with Crippen LogP contribution in [0.1, 0.15) is 29.9 Å². The molecule has 27 heavy (non-hydrogen) atoms. The van der Waals surface area contributed by atoms with Crippen molar-refractivity contribution < 1.29 is 12.8 Å². The maximum absolute atomic E-state index is 13.9. The molecule has 0 radical (unpaired) electrons. The minimum absolute atomic E-state index is 0. The van der Waals surface area contributed by atoms with Crippen LogP contribution < -0.4 is 5.32 Å². The topological polar surface area (TPSA) is 51.1 Å². The fraction of sp³-hybridized carbons (Fsp3) is 0.300. The zero-order valence-corrected chi connectivity index (χ0v) is 16.6. The molecule has 0 bridgehead atoms. The summed E-state index contributed by atoms with van der Waals surface area (Å²) in [6, 6.07) is 11.3. The van der Waals surface area contributed by atoms with Crippen molar-refractivity contribution in [2.24, 2.45) is 0 Å². The molecule has 0 amide bonds. The fourth-order valence-corrected chi connectivity index (χ4v) is 5.41. The van der Waals surface area contributed by atoms with Crippen molar-refractivity contribution in [3.05, 3.63) is 65.6 Å². The van der Waals surface area contributed by atoms with Gasteiger partial charge < -0.3 is 5.32 Å².